The summed E-state index contributed by atoms with van der Waals surface area (Å²) in [4.78, 5) is 0. The fraction of sp³-hybridized carbons (Fsp3) is 1.00. The topological polar surface area (TPSA) is 21.3 Å². The first-order chi connectivity index (χ1) is 4.79. The van der Waals surface area contributed by atoms with E-state index < -0.39 is 0 Å². The molecule has 0 spiro atoms. The third-order valence-corrected chi connectivity index (χ3v) is 1.83. The zero-order valence-electron chi connectivity index (χ0n) is 7.30. The van der Waals surface area contributed by atoms with E-state index in [1.54, 1.807) is 0 Å². The molecule has 1 atom stereocenters. The first-order valence-electron chi connectivity index (χ1n) is 4.11. The first-order valence-corrected chi connectivity index (χ1v) is 4.11. The lowest BCUT2D eigenvalue weighted by Crippen LogP contribution is -2.16. The fourth-order valence-electron chi connectivity index (χ4n) is 1.19. The van der Waals surface area contributed by atoms with E-state index in [4.69, 9.17) is 4.74 Å². The Kier molecular flexibility index (Phi) is 5.92. The second-order valence-electron chi connectivity index (χ2n) is 3.24. The van der Waals surface area contributed by atoms with Crippen molar-refractivity contribution in [3.63, 3.8) is 0 Å². The van der Waals surface area contributed by atoms with Crippen LogP contribution in [-0.2, 0) is 4.74 Å². The highest BCUT2D eigenvalue weighted by molar-refractivity contribution is 5.85. The van der Waals surface area contributed by atoms with Gasteiger partial charge in [0.05, 0.1) is 12.7 Å². The van der Waals surface area contributed by atoms with Gasteiger partial charge in [0.25, 0.3) is 0 Å². The minimum absolute atomic E-state index is 0. The van der Waals surface area contributed by atoms with Crippen LogP contribution in [0, 0.1) is 5.92 Å². The molecule has 0 aromatic heterocycles. The molecule has 1 aliphatic rings. The summed E-state index contributed by atoms with van der Waals surface area (Å²) >= 11 is 0. The average molecular weight is 180 g/mol. The van der Waals surface area contributed by atoms with E-state index in [1.165, 1.54) is 13.0 Å². The van der Waals surface area contributed by atoms with Gasteiger partial charge in [-0.3, -0.25) is 0 Å². The second kappa shape index (κ2) is 5.81. The highest BCUT2D eigenvalue weighted by Gasteiger charge is 2.14. The molecular formula is C8H18ClNO. The Labute approximate surface area is 75.1 Å². The quantitative estimate of drug-likeness (QED) is 0.708. The van der Waals surface area contributed by atoms with Gasteiger partial charge in [-0.25, -0.2) is 0 Å². The van der Waals surface area contributed by atoms with Crippen LogP contribution in [0.1, 0.15) is 20.3 Å². The molecule has 1 unspecified atom stereocenters. The molecule has 0 aromatic rings. The van der Waals surface area contributed by atoms with Gasteiger partial charge >= 0.3 is 0 Å². The molecule has 0 aromatic carbocycles. The van der Waals surface area contributed by atoms with Crippen molar-refractivity contribution in [2.24, 2.45) is 5.92 Å². The van der Waals surface area contributed by atoms with Gasteiger partial charge in [0, 0.05) is 6.54 Å². The van der Waals surface area contributed by atoms with Crippen molar-refractivity contribution in [2.45, 2.75) is 26.4 Å². The maximum Gasteiger partial charge on any atom is 0.0519 e. The lowest BCUT2D eigenvalue weighted by Gasteiger charge is -2.11. The second-order valence-corrected chi connectivity index (χ2v) is 3.24. The van der Waals surface area contributed by atoms with Crippen LogP contribution in [0.4, 0.5) is 0 Å². The minimum Gasteiger partial charge on any atom is -0.378 e. The maximum atomic E-state index is 5.49. The largest absolute Gasteiger partial charge is 0.378 e. The van der Waals surface area contributed by atoms with Crippen LogP contribution in [-0.4, -0.2) is 25.8 Å². The minimum atomic E-state index is 0. The molecule has 0 bridgehead atoms. The molecule has 0 aliphatic carbocycles. The molecule has 11 heavy (non-hydrogen) atoms. The predicted octanol–water partition coefficient (Wildman–Crippen LogP) is 1.44. The van der Waals surface area contributed by atoms with Crippen LogP contribution in [0.3, 0.4) is 0 Å². The zero-order valence-corrected chi connectivity index (χ0v) is 8.12. The number of halogens is 1. The number of nitrogens with one attached hydrogen (secondary N) is 1. The van der Waals surface area contributed by atoms with Gasteiger partial charge in [0.15, 0.2) is 0 Å². The molecule has 3 heteroatoms. The maximum absolute atomic E-state index is 5.49. The van der Waals surface area contributed by atoms with Crippen molar-refractivity contribution < 1.29 is 4.74 Å². The molecule has 1 rings (SSSR count). The smallest absolute Gasteiger partial charge is 0.0519 e. The third kappa shape index (κ3) is 4.62. The third-order valence-electron chi connectivity index (χ3n) is 1.83. The van der Waals surface area contributed by atoms with E-state index in [0.717, 1.165) is 19.1 Å². The van der Waals surface area contributed by atoms with Crippen LogP contribution in [0.5, 0.6) is 0 Å². The number of hydrogen-bond donors (Lipinski definition) is 1. The van der Waals surface area contributed by atoms with E-state index in [-0.39, 0.29) is 12.4 Å². The summed E-state index contributed by atoms with van der Waals surface area (Å²) < 4.78 is 5.49. The summed E-state index contributed by atoms with van der Waals surface area (Å²) in [6.07, 6.45) is 1.67. The Bertz CT molecular complexity index is 92.1. The lowest BCUT2D eigenvalue weighted by molar-refractivity contribution is 0.0556. The van der Waals surface area contributed by atoms with E-state index >= 15 is 0 Å². The van der Waals surface area contributed by atoms with Gasteiger partial charge < -0.3 is 10.1 Å². The van der Waals surface area contributed by atoms with Crippen LogP contribution in [0.15, 0.2) is 0 Å². The Hall–Kier alpha value is 0.210. The van der Waals surface area contributed by atoms with Gasteiger partial charge in [-0.2, -0.15) is 0 Å². The van der Waals surface area contributed by atoms with Gasteiger partial charge in [-0.1, -0.05) is 0 Å². The first kappa shape index (κ1) is 11.2. The normalized spacial score (nSPS) is 23.7. The summed E-state index contributed by atoms with van der Waals surface area (Å²) in [5.74, 6) is 0.766. The molecule has 0 amide bonds. The highest BCUT2D eigenvalue weighted by atomic mass is 35.5. The predicted molar refractivity (Wildman–Crippen MR) is 49.3 cm³/mol. The Morgan fingerprint density at radius 1 is 1.55 bits per heavy atom. The average Bonchev–Trinajstić information content (AvgIpc) is 2.34. The number of rotatable bonds is 3. The molecule has 0 saturated carbocycles. The number of ether oxygens (including phenoxy) is 1. The molecule has 1 heterocycles. The molecular weight excluding hydrogens is 162 g/mol. The number of hydrogen-bond acceptors (Lipinski definition) is 2. The van der Waals surface area contributed by atoms with Crippen molar-refractivity contribution in [2.75, 3.05) is 19.7 Å². The van der Waals surface area contributed by atoms with E-state index in [1.807, 2.05) is 0 Å². The monoisotopic (exact) mass is 179 g/mol. The van der Waals surface area contributed by atoms with E-state index in [2.05, 4.69) is 19.2 Å². The molecule has 1 fully saturated rings. The van der Waals surface area contributed by atoms with Crippen molar-refractivity contribution in [1.82, 2.24) is 5.32 Å². The van der Waals surface area contributed by atoms with Crippen LogP contribution in [0.2, 0.25) is 0 Å². The fourth-order valence-corrected chi connectivity index (χ4v) is 1.19. The van der Waals surface area contributed by atoms with E-state index in [9.17, 15) is 0 Å². The molecule has 2 nitrogen and oxygen atoms in total. The summed E-state index contributed by atoms with van der Waals surface area (Å²) in [6, 6.07) is 0. The highest BCUT2D eigenvalue weighted by Crippen LogP contribution is 2.08. The van der Waals surface area contributed by atoms with Gasteiger partial charge in [-0.05, 0) is 32.7 Å². The Balaban J connectivity index is 0.000001000. The van der Waals surface area contributed by atoms with Crippen LogP contribution >= 0.6 is 12.4 Å². The van der Waals surface area contributed by atoms with E-state index in [0.29, 0.717) is 6.10 Å². The summed E-state index contributed by atoms with van der Waals surface area (Å²) in [6.45, 7) is 7.42. The van der Waals surface area contributed by atoms with Crippen molar-refractivity contribution in [1.29, 1.82) is 0 Å². The summed E-state index contributed by atoms with van der Waals surface area (Å²) in [7, 11) is 0. The molecule has 1 saturated heterocycles. The van der Waals surface area contributed by atoms with Gasteiger partial charge in [0.1, 0.15) is 0 Å². The Morgan fingerprint density at radius 2 is 2.27 bits per heavy atom. The SMILES string of the molecule is CC(C)OCC1CCNC1.Cl. The zero-order chi connectivity index (χ0) is 7.40. The molecule has 68 valence electrons. The molecule has 1 N–H and O–H groups in total. The van der Waals surface area contributed by atoms with Crippen molar-refractivity contribution in [3.05, 3.63) is 0 Å². The molecule has 1 aliphatic heterocycles. The van der Waals surface area contributed by atoms with Crippen molar-refractivity contribution in [3.8, 4) is 0 Å². The van der Waals surface area contributed by atoms with Crippen molar-refractivity contribution >= 4 is 12.4 Å². The summed E-state index contributed by atoms with van der Waals surface area (Å²) in [5, 5.41) is 3.32. The molecule has 0 radical (unpaired) electrons. The van der Waals surface area contributed by atoms with Crippen LogP contribution in [0.25, 0.3) is 0 Å². The Morgan fingerprint density at radius 3 is 2.73 bits per heavy atom. The summed E-state index contributed by atoms with van der Waals surface area (Å²) in [5.41, 5.74) is 0. The lowest BCUT2D eigenvalue weighted by atomic mass is 10.1. The van der Waals surface area contributed by atoms with Gasteiger partial charge in [0.2, 0.25) is 0 Å². The standard InChI is InChI=1S/C8H17NO.ClH/c1-7(2)10-6-8-3-4-9-5-8;/h7-9H,3-6H2,1-2H3;1H. The van der Waals surface area contributed by atoms with Gasteiger partial charge in [-0.15, -0.1) is 12.4 Å². The van der Waals surface area contributed by atoms with Crippen LogP contribution < -0.4 is 5.32 Å².